The van der Waals surface area contributed by atoms with Crippen molar-refractivity contribution < 1.29 is 9.21 Å². The number of rotatable bonds is 5. The van der Waals surface area contributed by atoms with Crippen LogP contribution in [0.15, 0.2) is 58.3 Å². The van der Waals surface area contributed by atoms with Crippen LogP contribution in [-0.2, 0) is 11.3 Å². The van der Waals surface area contributed by atoms with Crippen molar-refractivity contribution >= 4 is 45.9 Å². The van der Waals surface area contributed by atoms with Gasteiger partial charge in [0.15, 0.2) is 3.77 Å². The lowest BCUT2D eigenvalue weighted by Crippen LogP contribution is -2.20. The summed E-state index contributed by atoms with van der Waals surface area (Å²) in [6.45, 7) is 0.405. The third-order valence-corrected chi connectivity index (χ3v) is 4.53. The minimum Gasteiger partial charge on any atom is -0.451 e. The lowest BCUT2D eigenvalue weighted by Gasteiger charge is -1.98. The summed E-state index contributed by atoms with van der Waals surface area (Å²) >= 11 is 3.65. The first-order valence-corrected chi connectivity index (χ1v) is 8.87. The Labute approximate surface area is 151 Å². The van der Waals surface area contributed by atoms with Crippen LogP contribution in [0.4, 0.5) is 0 Å². The molecule has 0 aliphatic rings. The molecule has 0 spiro atoms. The van der Waals surface area contributed by atoms with Crippen LogP contribution in [0.25, 0.3) is 16.6 Å². The number of halogens is 1. The topological polar surface area (TPSA) is 55.1 Å². The molecule has 1 amide bonds. The predicted octanol–water partition coefficient (Wildman–Crippen LogP) is 4.34. The molecule has 0 saturated carbocycles. The molecule has 0 aliphatic carbocycles. The molecular formula is C17H13IN2O2S. The molecule has 0 atom stereocenters. The van der Waals surface area contributed by atoms with Crippen LogP contribution in [-0.4, -0.2) is 10.9 Å². The molecule has 0 unspecified atom stereocenters. The van der Waals surface area contributed by atoms with Crippen LogP contribution >= 0.6 is 33.9 Å². The molecule has 0 fully saturated rings. The van der Waals surface area contributed by atoms with E-state index in [1.165, 1.54) is 6.08 Å². The van der Waals surface area contributed by atoms with Gasteiger partial charge in [0.25, 0.3) is 0 Å². The SMILES string of the molecule is O=C(/C=C/c1ccc(I)o1)NCc1csc(-c2ccccc2)n1. The summed E-state index contributed by atoms with van der Waals surface area (Å²) < 4.78 is 6.15. The van der Waals surface area contributed by atoms with Gasteiger partial charge in [0, 0.05) is 17.0 Å². The Kier molecular flexibility index (Phi) is 5.24. The molecule has 116 valence electrons. The molecule has 6 heteroatoms. The van der Waals surface area contributed by atoms with Gasteiger partial charge in [-0.3, -0.25) is 4.79 Å². The van der Waals surface area contributed by atoms with Crippen molar-refractivity contribution in [3.05, 3.63) is 69.1 Å². The van der Waals surface area contributed by atoms with Gasteiger partial charge in [-0.15, -0.1) is 11.3 Å². The fourth-order valence-electron chi connectivity index (χ4n) is 1.91. The molecule has 23 heavy (non-hydrogen) atoms. The minimum atomic E-state index is -0.175. The van der Waals surface area contributed by atoms with Crippen LogP contribution in [0.5, 0.6) is 0 Å². The molecule has 0 saturated heterocycles. The second kappa shape index (κ2) is 7.56. The standard InChI is InChI=1S/C17H13IN2O2S/c18-15-8-6-14(22-15)7-9-16(21)19-10-13-11-23-17(20-13)12-4-2-1-3-5-12/h1-9,11H,10H2,(H,19,21)/b9-7+. The Bertz CT molecular complexity index is 824. The van der Waals surface area contributed by atoms with Gasteiger partial charge in [-0.2, -0.15) is 0 Å². The van der Waals surface area contributed by atoms with Gasteiger partial charge in [0.1, 0.15) is 10.8 Å². The van der Waals surface area contributed by atoms with E-state index in [-0.39, 0.29) is 5.91 Å². The first-order chi connectivity index (χ1) is 11.2. The van der Waals surface area contributed by atoms with Crippen LogP contribution in [0, 0.1) is 3.77 Å². The first-order valence-electron chi connectivity index (χ1n) is 6.92. The number of aromatic nitrogens is 1. The average molecular weight is 436 g/mol. The summed E-state index contributed by atoms with van der Waals surface area (Å²) in [4.78, 5) is 16.3. The quantitative estimate of drug-likeness (QED) is 0.479. The molecule has 2 aromatic heterocycles. The first kappa shape index (κ1) is 15.9. The Balaban J connectivity index is 1.55. The number of carbonyl (C=O) groups excluding carboxylic acids is 1. The Morgan fingerprint density at radius 1 is 1.26 bits per heavy atom. The van der Waals surface area contributed by atoms with Crippen molar-refractivity contribution in [2.75, 3.05) is 0 Å². The maximum absolute atomic E-state index is 11.8. The number of thiazole rings is 1. The van der Waals surface area contributed by atoms with Crippen molar-refractivity contribution in [2.24, 2.45) is 0 Å². The molecule has 0 radical (unpaired) electrons. The maximum atomic E-state index is 11.8. The zero-order valence-electron chi connectivity index (χ0n) is 12.0. The molecule has 2 heterocycles. The maximum Gasteiger partial charge on any atom is 0.244 e. The van der Waals surface area contributed by atoms with E-state index in [2.05, 4.69) is 32.9 Å². The number of hydrogen-bond donors (Lipinski definition) is 1. The van der Waals surface area contributed by atoms with Gasteiger partial charge in [0.2, 0.25) is 5.91 Å². The Morgan fingerprint density at radius 2 is 2.09 bits per heavy atom. The van der Waals surface area contributed by atoms with Crippen LogP contribution < -0.4 is 5.32 Å². The number of nitrogens with one attached hydrogen (secondary N) is 1. The molecule has 3 rings (SSSR count). The molecule has 1 N–H and O–H groups in total. The molecular weight excluding hydrogens is 423 g/mol. The molecule has 4 nitrogen and oxygen atoms in total. The summed E-state index contributed by atoms with van der Waals surface area (Å²) in [7, 11) is 0. The normalized spacial score (nSPS) is 11.0. The van der Waals surface area contributed by atoms with Gasteiger partial charge < -0.3 is 9.73 Å². The highest BCUT2D eigenvalue weighted by Crippen LogP contribution is 2.23. The minimum absolute atomic E-state index is 0.175. The fraction of sp³-hybridized carbons (Fsp3) is 0.0588. The molecule has 1 aromatic carbocycles. The molecule has 3 aromatic rings. The van der Waals surface area contributed by atoms with E-state index in [0.717, 1.165) is 20.0 Å². The largest absolute Gasteiger partial charge is 0.451 e. The van der Waals surface area contributed by atoms with E-state index in [0.29, 0.717) is 12.3 Å². The van der Waals surface area contributed by atoms with Crippen molar-refractivity contribution in [3.8, 4) is 10.6 Å². The Hall–Kier alpha value is -1.93. The summed E-state index contributed by atoms with van der Waals surface area (Å²) in [5.74, 6) is 0.482. The van der Waals surface area contributed by atoms with Crippen molar-refractivity contribution in [1.82, 2.24) is 10.3 Å². The summed E-state index contributed by atoms with van der Waals surface area (Å²) in [6.07, 6.45) is 3.10. The third kappa shape index (κ3) is 4.52. The van der Waals surface area contributed by atoms with Gasteiger partial charge in [0.05, 0.1) is 12.2 Å². The van der Waals surface area contributed by atoms with Crippen LogP contribution in [0.1, 0.15) is 11.5 Å². The average Bonchev–Trinajstić information content (AvgIpc) is 3.21. The van der Waals surface area contributed by atoms with E-state index in [4.69, 9.17) is 4.42 Å². The smallest absolute Gasteiger partial charge is 0.244 e. The number of carbonyl (C=O) groups is 1. The number of benzene rings is 1. The van der Waals surface area contributed by atoms with E-state index in [1.807, 2.05) is 47.8 Å². The van der Waals surface area contributed by atoms with Crippen molar-refractivity contribution in [1.29, 1.82) is 0 Å². The van der Waals surface area contributed by atoms with E-state index < -0.39 is 0 Å². The highest BCUT2D eigenvalue weighted by Gasteiger charge is 2.05. The summed E-state index contributed by atoms with van der Waals surface area (Å²) in [6, 6.07) is 13.7. The second-order valence-electron chi connectivity index (χ2n) is 4.70. The van der Waals surface area contributed by atoms with Crippen LogP contribution in [0.2, 0.25) is 0 Å². The van der Waals surface area contributed by atoms with Crippen LogP contribution in [0.3, 0.4) is 0 Å². The van der Waals surface area contributed by atoms with E-state index >= 15 is 0 Å². The molecule has 0 aliphatic heterocycles. The summed E-state index contributed by atoms with van der Waals surface area (Å²) in [5.41, 5.74) is 1.94. The number of amides is 1. The Morgan fingerprint density at radius 3 is 2.83 bits per heavy atom. The lowest BCUT2D eigenvalue weighted by atomic mass is 10.2. The number of nitrogens with zero attached hydrogens (tertiary/aromatic N) is 1. The summed E-state index contributed by atoms with van der Waals surface area (Å²) in [5, 5.41) is 5.73. The second-order valence-corrected chi connectivity index (χ2v) is 6.62. The zero-order valence-corrected chi connectivity index (χ0v) is 15.0. The highest BCUT2D eigenvalue weighted by atomic mass is 127. The fourth-order valence-corrected chi connectivity index (χ4v) is 3.17. The van der Waals surface area contributed by atoms with Gasteiger partial charge >= 0.3 is 0 Å². The van der Waals surface area contributed by atoms with Gasteiger partial charge in [-0.05, 0) is 40.8 Å². The van der Waals surface area contributed by atoms with Gasteiger partial charge in [-0.25, -0.2) is 4.98 Å². The molecule has 0 bridgehead atoms. The highest BCUT2D eigenvalue weighted by molar-refractivity contribution is 14.1. The number of furan rings is 1. The zero-order chi connectivity index (χ0) is 16.1. The lowest BCUT2D eigenvalue weighted by molar-refractivity contribution is -0.116. The number of hydrogen-bond acceptors (Lipinski definition) is 4. The van der Waals surface area contributed by atoms with E-state index in [1.54, 1.807) is 17.4 Å². The third-order valence-electron chi connectivity index (χ3n) is 3.01. The van der Waals surface area contributed by atoms with E-state index in [9.17, 15) is 4.79 Å². The van der Waals surface area contributed by atoms with Crippen molar-refractivity contribution in [2.45, 2.75) is 6.54 Å². The monoisotopic (exact) mass is 436 g/mol. The van der Waals surface area contributed by atoms with Gasteiger partial charge in [-0.1, -0.05) is 30.3 Å². The van der Waals surface area contributed by atoms with Crippen molar-refractivity contribution in [3.63, 3.8) is 0 Å². The predicted molar refractivity (Wildman–Crippen MR) is 99.9 cm³/mol.